The Labute approximate surface area is 144 Å². The molecular formula is C15H10Cl2F4N2O. The number of amides is 2. The number of rotatable bonds is 2. The number of benzene rings is 2. The van der Waals surface area contributed by atoms with Crippen LogP contribution in [0.15, 0.2) is 36.4 Å². The lowest BCUT2D eigenvalue weighted by Crippen LogP contribution is -2.32. The SMILES string of the molecule is CN(C(=O)Nc1ccc(Cl)c(C(F)(F)F)c1)c1cccc(Cl)c1F. The molecule has 0 atom stereocenters. The highest BCUT2D eigenvalue weighted by Crippen LogP contribution is 2.36. The Bertz CT molecular complexity index is 781. The number of alkyl halides is 3. The molecule has 0 spiro atoms. The largest absolute Gasteiger partial charge is 0.417 e. The zero-order chi connectivity index (χ0) is 18.1. The van der Waals surface area contributed by atoms with Crippen LogP contribution >= 0.6 is 23.2 Å². The summed E-state index contributed by atoms with van der Waals surface area (Å²) in [5, 5.41) is 1.57. The molecule has 0 aliphatic carbocycles. The molecule has 0 radical (unpaired) electrons. The molecule has 2 amide bonds. The fraction of sp³-hybridized carbons (Fsp3) is 0.133. The maximum absolute atomic E-state index is 13.9. The second-order valence-electron chi connectivity index (χ2n) is 4.75. The molecule has 0 aliphatic heterocycles. The van der Waals surface area contributed by atoms with Crippen LogP contribution in [0.1, 0.15) is 5.56 Å². The molecule has 9 heteroatoms. The van der Waals surface area contributed by atoms with Crippen LogP contribution in [0.3, 0.4) is 0 Å². The molecule has 3 nitrogen and oxygen atoms in total. The molecule has 0 bridgehead atoms. The molecular weight excluding hydrogens is 371 g/mol. The zero-order valence-corrected chi connectivity index (χ0v) is 13.6. The summed E-state index contributed by atoms with van der Waals surface area (Å²) in [5.74, 6) is -0.816. The van der Waals surface area contributed by atoms with E-state index in [4.69, 9.17) is 23.2 Å². The minimum atomic E-state index is -4.66. The van der Waals surface area contributed by atoms with Crippen LogP contribution in [-0.2, 0) is 6.18 Å². The summed E-state index contributed by atoms with van der Waals surface area (Å²) in [4.78, 5) is 13.0. The summed E-state index contributed by atoms with van der Waals surface area (Å²) >= 11 is 11.1. The third-order valence-electron chi connectivity index (χ3n) is 3.12. The van der Waals surface area contributed by atoms with Crippen molar-refractivity contribution >= 4 is 40.6 Å². The number of hydrogen-bond donors (Lipinski definition) is 1. The fourth-order valence-corrected chi connectivity index (χ4v) is 2.28. The number of carbonyl (C=O) groups excluding carboxylic acids is 1. The van der Waals surface area contributed by atoms with Crippen LogP contribution in [0.2, 0.25) is 10.0 Å². The first-order valence-electron chi connectivity index (χ1n) is 6.46. The highest BCUT2D eigenvalue weighted by Gasteiger charge is 2.33. The van der Waals surface area contributed by atoms with Gasteiger partial charge in [0.1, 0.15) is 0 Å². The number of carbonyl (C=O) groups is 1. The van der Waals surface area contributed by atoms with Crippen LogP contribution in [0.5, 0.6) is 0 Å². The van der Waals surface area contributed by atoms with Gasteiger partial charge in [-0.3, -0.25) is 4.90 Å². The molecule has 0 aliphatic rings. The molecule has 128 valence electrons. The average molecular weight is 381 g/mol. The quantitative estimate of drug-likeness (QED) is 0.654. The predicted octanol–water partition coefficient (Wildman–Crippen LogP) is 5.82. The fourth-order valence-electron chi connectivity index (χ4n) is 1.89. The molecule has 1 N–H and O–H groups in total. The van der Waals surface area contributed by atoms with E-state index in [9.17, 15) is 22.4 Å². The topological polar surface area (TPSA) is 32.3 Å². The van der Waals surface area contributed by atoms with Crippen molar-refractivity contribution in [1.29, 1.82) is 0 Å². The summed E-state index contributed by atoms with van der Waals surface area (Å²) in [6.07, 6.45) is -4.66. The van der Waals surface area contributed by atoms with Gasteiger partial charge >= 0.3 is 12.2 Å². The molecule has 0 heterocycles. The highest BCUT2D eigenvalue weighted by atomic mass is 35.5. The summed E-state index contributed by atoms with van der Waals surface area (Å²) in [5.41, 5.74) is -1.34. The van der Waals surface area contributed by atoms with Gasteiger partial charge in [-0.2, -0.15) is 13.2 Å². The van der Waals surface area contributed by atoms with E-state index in [1.165, 1.54) is 31.3 Å². The molecule has 0 saturated heterocycles. The smallest absolute Gasteiger partial charge is 0.308 e. The Balaban J connectivity index is 2.25. The minimum Gasteiger partial charge on any atom is -0.308 e. The number of nitrogens with zero attached hydrogens (tertiary/aromatic N) is 1. The Kier molecular flexibility index (Phi) is 5.25. The van der Waals surface area contributed by atoms with Crippen molar-refractivity contribution in [2.45, 2.75) is 6.18 Å². The summed E-state index contributed by atoms with van der Waals surface area (Å²) in [7, 11) is 1.25. The first kappa shape index (κ1) is 18.4. The van der Waals surface area contributed by atoms with Crippen LogP contribution in [0, 0.1) is 5.82 Å². The van der Waals surface area contributed by atoms with Crippen LogP contribution in [0.25, 0.3) is 0 Å². The lowest BCUT2D eigenvalue weighted by molar-refractivity contribution is -0.137. The van der Waals surface area contributed by atoms with Gasteiger partial charge in [0, 0.05) is 12.7 Å². The van der Waals surface area contributed by atoms with Gasteiger partial charge in [0.2, 0.25) is 0 Å². The molecule has 0 unspecified atom stereocenters. The van der Waals surface area contributed by atoms with Crippen LogP contribution in [0.4, 0.5) is 33.7 Å². The van der Waals surface area contributed by atoms with E-state index in [2.05, 4.69) is 5.32 Å². The second kappa shape index (κ2) is 6.86. The molecule has 0 fully saturated rings. The van der Waals surface area contributed by atoms with Gasteiger partial charge < -0.3 is 5.32 Å². The van der Waals surface area contributed by atoms with Crippen molar-refractivity contribution in [3.8, 4) is 0 Å². The van der Waals surface area contributed by atoms with Crippen LogP contribution in [-0.4, -0.2) is 13.1 Å². The Morgan fingerprint density at radius 3 is 2.42 bits per heavy atom. The van der Waals surface area contributed by atoms with Crippen molar-refractivity contribution in [1.82, 2.24) is 0 Å². The third kappa shape index (κ3) is 3.91. The van der Waals surface area contributed by atoms with E-state index in [0.29, 0.717) is 6.07 Å². The summed E-state index contributed by atoms with van der Waals surface area (Å²) in [6.45, 7) is 0. The first-order chi connectivity index (χ1) is 11.1. The van der Waals surface area contributed by atoms with E-state index in [1.807, 2.05) is 0 Å². The Morgan fingerprint density at radius 2 is 1.79 bits per heavy atom. The van der Waals surface area contributed by atoms with Crippen LogP contribution < -0.4 is 10.2 Å². The van der Waals surface area contributed by atoms with Crippen molar-refractivity contribution in [3.63, 3.8) is 0 Å². The normalized spacial score (nSPS) is 11.3. The highest BCUT2D eigenvalue weighted by molar-refractivity contribution is 6.31. The number of hydrogen-bond acceptors (Lipinski definition) is 1. The molecule has 2 rings (SSSR count). The van der Waals surface area contributed by atoms with Crippen molar-refractivity contribution in [2.75, 3.05) is 17.3 Å². The van der Waals surface area contributed by atoms with E-state index in [-0.39, 0.29) is 16.4 Å². The van der Waals surface area contributed by atoms with E-state index < -0.39 is 28.6 Å². The van der Waals surface area contributed by atoms with E-state index in [1.54, 1.807) is 0 Å². The minimum absolute atomic E-state index is 0.120. The van der Waals surface area contributed by atoms with Gasteiger partial charge in [-0.15, -0.1) is 0 Å². The van der Waals surface area contributed by atoms with Gasteiger partial charge in [-0.25, -0.2) is 9.18 Å². The number of nitrogens with one attached hydrogen (secondary N) is 1. The number of anilines is 2. The lowest BCUT2D eigenvalue weighted by Gasteiger charge is -2.19. The number of halogens is 6. The summed E-state index contributed by atoms with van der Waals surface area (Å²) in [6, 6.07) is 6.13. The second-order valence-corrected chi connectivity index (χ2v) is 5.57. The Morgan fingerprint density at radius 1 is 1.12 bits per heavy atom. The maximum Gasteiger partial charge on any atom is 0.417 e. The van der Waals surface area contributed by atoms with Gasteiger partial charge in [0.15, 0.2) is 5.82 Å². The van der Waals surface area contributed by atoms with Gasteiger partial charge in [-0.05, 0) is 30.3 Å². The standard InChI is InChI=1S/C15H10Cl2F4N2O/c1-23(12-4-2-3-11(17)13(12)18)14(24)22-8-5-6-10(16)9(7-8)15(19,20)21/h2-7H,1H3,(H,22,24). The van der Waals surface area contributed by atoms with E-state index in [0.717, 1.165) is 11.0 Å². The summed E-state index contributed by atoms with van der Waals surface area (Å²) < 4.78 is 52.4. The first-order valence-corrected chi connectivity index (χ1v) is 7.22. The monoisotopic (exact) mass is 380 g/mol. The third-order valence-corrected chi connectivity index (χ3v) is 3.74. The Hall–Kier alpha value is -1.99. The maximum atomic E-state index is 13.9. The number of urea groups is 1. The zero-order valence-electron chi connectivity index (χ0n) is 12.1. The van der Waals surface area contributed by atoms with E-state index >= 15 is 0 Å². The lowest BCUT2D eigenvalue weighted by atomic mass is 10.2. The molecule has 24 heavy (non-hydrogen) atoms. The average Bonchev–Trinajstić information content (AvgIpc) is 2.50. The molecule has 0 aromatic heterocycles. The molecule has 0 saturated carbocycles. The molecule has 2 aromatic carbocycles. The van der Waals surface area contributed by atoms with Gasteiger partial charge in [0.25, 0.3) is 0 Å². The predicted molar refractivity (Wildman–Crippen MR) is 85.3 cm³/mol. The van der Waals surface area contributed by atoms with Crippen molar-refractivity contribution in [2.24, 2.45) is 0 Å². The molecule has 2 aromatic rings. The van der Waals surface area contributed by atoms with Crippen molar-refractivity contribution in [3.05, 3.63) is 57.8 Å². The van der Waals surface area contributed by atoms with Gasteiger partial charge in [-0.1, -0.05) is 29.3 Å². The van der Waals surface area contributed by atoms with Gasteiger partial charge in [0.05, 0.1) is 21.3 Å². The van der Waals surface area contributed by atoms with Crippen molar-refractivity contribution < 1.29 is 22.4 Å².